The van der Waals surface area contributed by atoms with E-state index < -0.39 is 0 Å². The van der Waals surface area contributed by atoms with Gasteiger partial charge in [0.25, 0.3) is 0 Å². The first kappa shape index (κ1) is 10.2. The second kappa shape index (κ2) is 4.49. The predicted octanol–water partition coefficient (Wildman–Crippen LogP) is 3.26. The van der Waals surface area contributed by atoms with E-state index in [1.54, 1.807) is 11.3 Å². The van der Waals surface area contributed by atoms with Crippen molar-refractivity contribution < 1.29 is 0 Å². The van der Waals surface area contributed by atoms with Crippen LogP contribution in [0.2, 0.25) is 0 Å². The molecule has 1 aromatic heterocycles. The Balaban J connectivity index is 2.13. The van der Waals surface area contributed by atoms with E-state index in [1.807, 2.05) is 0 Å². The van der Waals surface area contributed by atoms with E-state index in [4.69, 9.17) is 11.6 Å². The molecule has 1 unspecified atom stereocenters. The van der Waals surface area contributed by atoms with Crippen molar-refractivity contribution in [2.45, 2.75) is 38.1 Å². The van der Waals surface area contributed by atoms with Crippen LogP contribution in [0.5, 0.6) is 0 Å². The summed E-state index contributed by atoms with van der Waals surface area (Å²) in [5.74, 6) is 0.529. The van der Waals surface area contributed by atoms with E-state index in [2.05, 4.69) is 22.2 Å². The summed E-state index contributed by atoms with van der Waals surface area (Å²) in [4.78, 5) is 6.95. The maximum Gasteiger partial charge on any atom is 0.185 e. The van der Waals surface area contributed by atoms with E-state index in [9.17, 15) is 0 Å². The summed E-state index contributed by atoms with van der Waals surface area (Å²) in [6, 6.07) is 0.698. The number of halogens is 1. The van der Waals surface area contributed by atoms with Gasteiger partial charge in [-0.2, -0.15) is 0 Å². The molecule has 1 aromatic rings. The normalized spacial score (nSPS) is 21.9. The first-order valence-electron chi connectivity index (χ1n) is 5.12. The van der Waals surface area contributed by atoms with Crippen molar-refractivity contribution in [3.63, 3.8) is 0 Å². The first-order valence-corrected chi connectivity index (χ1v) is 6.53. The number of hydrogen-bond donors (Lipinski definition) is 0. The van der Waals surface area contributed by atoms with Crippen LogP contribution in [-0.2, 0) is 5.88 Å². The summed E-state index contributed by atoms with van der Waals surface area (Å²) in [6.07, 6.45) is 3.83. The average Bonchev–Trinajstić information content (AvgIpc) is 2.85. The Morgan fingerprint density at radius 3 is 3.21 bits per heavy atom. The second-order valence-corrected chi connectivity index (χ2v) is 4.76. The highest BCUT2D eigenvalue weighted by molar-refractivity contribution is 7.13. The Labute approximate surface area is 93.9 Å². The van der Waals surface area contributed by atoms with Gasteiger partial charge in [-0.05, 0) is 19.3 Å². The van der Waals surface area contributed by atoms with E-state index in [1.165, 1.54) is 19.3 Å². The van der Waals surface area contributed by atoms with Crippen LogP contribution in [0.15, 0.2) is 5.38 Å². The molecule has 0 N–H and O–H groups in total. The lowest BCUT2D eigenvalue weighted by atomic mass is 10.2. The molecule has 0 radical (unpaired) electrons. The molecule has 2 heterocycles. The predicted molar refractivity (Wildman–Crippen MR) is 62.3 cm³/mol. The van der Waals surface area contributed by atoms with Crippen molar-refractivity contribution in [2.75, 3.05) is 11.4 Å². The third kappa shape index (κ3) is 1.89. The standard InChI is InChI=1S/C10H15ClN2S/c1-2-9-4-3-5-13(9)10-12-8(6-11)7-14-10/h7,9H,2-6H2,1H3. The van der Waals surface area contributed by atoms with Gasteiger partial charge >= 0.3 is 0 Å². The molecule has 1 aliphatic heterocycles. The third-order valence-electron chi connectivity index (χ3n) is 2.77. The van der Waals surface area contributed by atoms with Crippen LogP contribution in [0.25, 0.3) is 0 Å². The van der Waals surface area contributed by atoms with Gasteiger partial charge in [0.1, 0.15) is 0 Å². The molecule has 0 aromatic carbocycles. The molecule has 0 spiro atoms. The van der Waals surface area contributed by atoms with E-state index >= 15 is 0 Å². The number of aromatic nitrogens is 1. The lowest BCUT2D eigenvalue weighted by molar-refractivity contribution is 0.644. The fraction of sp³-hybridized carbons (Fsp3) is 0.700. The molecule has 1 atom stereocenters. The minimum Gasteiger partial charge on any atom is -0.345 e. The largest absolute Gasteiger partial charge is 0.345 e. The number of alkyl halides is 1. The number of hydrogen-bond acceptors (Lipinski definition) is 3. The highest BCUT2D eigenvalue weighted by Crippen LogP contribution is 2.30. The molecule has 0 aliphatic carbocycles. The molecular formula is C10H15ClN2S. The maximum absolute atomic E-state index is 5.74. The fourth-order valence-corrected chi connectivity index (χ4v) is 3.15. The molecule has 1 fully saturated rings. The second-order valence-electron chi connectivity index (χ2n) is 3.65. The smallest absolute Gasteiger partial charge is 0.185 e. The van der Waals surface area contributed by atoms with Crippen LogP contribution in [-0.4, -0.2) is 17.6 Å². The van der Waals surface area contributed by atoms with Gasteiger partial charge in [-0.25, -0.2) is 4.98 Å². The zero-order valence-corrected chi connectivity index (χ0v) is 9.94. The number of thiazole rings is 1. The van der Waals surface area contributed by atoms with Crippen molar-refractivity contribution in [2.24, 2.45) is 0 Å². The third-order valence-corrected chi connectivity index (χ3v) is 3.97. The van der Waals surface area contributed by atoms with Crippen LogP contribution in [0.4, 0.5) is 5.13 Å². The minimum absolute atomic E-state index is 0.529. The van der Waals surface area contributed by atoms with Gasteiger partial charge in [-0.15, -0.1) is 22.9 Å². The minimum atomic E-state index is 0.529. The lowest BCUT2D eigenvalue weighted by Gasteiger charge is -2.22. The van der Waals surface area contributed by atoms with E-state index in [0.29, 0.717) is 11.9 Å². The molecular weight excluding hydrogens is 216 g/mol. The number of anilines is 1. The Bertz CT molecular complexity index is 300. The van der Waals surface area contributed by atoms with Crippen molar-refractivity contribution in [3.05, 3.63) is 11.1 Å². The fourth-order valence-electron chi connectivity index (χ4n) is 2.00. The van der Waals surface area contributed by atoms with E-state index in [0.717, 1.165) is 17.4 Å². The van der Waals surface area contributed by atoms with Crippen molar-refractivity contribution in [1.82, 2.24) is 4.98 Å². The highest BCUT2D eigenvalue weighted by atomic mass is 35.5. The van der Waals surface area contributed by atoms with Crippen LogP contribution in [0.3, 0.4) is 0 Å². The van der Waals surface area contributed by atoms with Crippen LogP contribution in [0, 0.1) is 0 Å². The van der Waals surface area contributed by atoms with Gasteiger partial charge in [0.15, 0.2) is 5.13 Å². The van der Waals surface area contributed by atoms with Crippen molar-refractivity contribution in [3.8, 4) is 0 Å². The van der Waals surface area contributed by atoms with Gasteiger partial charge in [-0.1, -0.05) is 6.92 Å². The molecule has 0 amide bonds. The van der Waals surface area contributed by atoms with Gasteiger partial charge in [0.2, 0.25) is 0 Å². The Morgan fingerprint density at radius 1 is 1.71 bits per heavy atom. The maximum atomic E-state index is 5.74. The lowest BCUT2D eigenvalue weighted by Crippen LogP contribution is -2.28. The molecule has 1 aliphatic rings. The Hall–Kier alpha value is -0.280. The Morgan fingerprint density at radius 2 is 2.57 bits per heavy atom. The molecule has 4 heteroatoms. The zero-order valence-electron chi connectivity index (χ0n) is 8.37. The number of rotatable bonds is 3. The first-order chi connectivity index (χ1) is 6.85. The summed E-state index contributed by atoms with van der Waals surface area (Å²) < 4.78 is 0. The molecule has 2 rings (SSSR count). The summed E-state index contributed by atoms with van der Waals surface area (Å²) >= 11 is 7.46. The molecule has 1 saturated heterocycles. The van der Waals surface area contributed by atoms with E-state index in [-0.39, 0.29) is 0 Å². The van der Waals surface area contributed by atoms with Crippen molar-refractivity contribution in [1.29, 1.82) is 0 Å². The molecule has 78 valence electrons. The monoisotopic (exact) mass is 230 g/mol. The molecule has 14 heavy (non-hydrogen) atoms. The van der Waals surface area contributed by atoms with Gasteiger partial charge in [0.05, 0.1) is 11.6 Å². The van der Waals surface area contributed by atoms with Crippen LogP contribution in [0.1, 0.15) is 31.9 Å². The van der Waals surface area contributed by atoms with Crippen LogP contribution >= 0.6 is 22.9 Å². The summed E-state index contributed by atoms with van der Waals surface area (Å²) in [5.41, 5.74) is 1.01. The summed E-state index contributed by atoms with van der Waals surface area (Å²) in [6.45, 7) is 3.41. The summed E-state index contributed by atoms with van der Waals surface area (Å²) in [5, 5.41) is 3.22. The average molecular weight is 231 g/mol. The van der Waals surface area contributed by atoms with Gasteiger partial charge in [-0.3, -0.25) is 0 Å². The van der Waals surface area contributed by atoms with Gasteiger partial charge in [0, 0.05) is 18.0 Å². The molecule has 0 saturated carbocycles. The molecule has 0 bridgehead atoms. The van der Waals surface area contributed by atoms with Crippen LogP contribution < -0.4 is 4.90 Å². The topological polar surface area (TPSA) is 16.1 Å². The molecule has 2 nitrogen and oxygen atoms in total. The zero-order chi connectivity index (χ0) is 9.97. The number of nitrogens with zero attached hydrogens (tertiary/aromatic N) is 2. The Kier molecular flexibility index (Phi) is 3.29. The SMILES string of the molecule is CCC1CCCN1c1nc(CCl)cs1. The quantitative estimate of drug-likeness (QED) is 0.741. The highest BCUT2D eigenvalue weighted by Gasteiger charge is 2.24. The van der Waals surface area contributed by atoms with Crippen molar-refractivity contribution >= 4 is 28.1 Å². The summed E-state index contributed by atoms with van der Waals surface area (Å²) in [7, 11) is 0. The van der Waals surface area contributed by atoms with Gasteiger partial charge < -0.3 is 4.90 Å².